The van der Waals surface area contributed by atoms with Crippen molar-refractivity contribution in [3.05, 3.63) is 75.5 Å². The van der Waals surface area contributed by atoms with Crippen molar-refractivity contribution in [1.29, 1.82) is 0 Å². The van der Waals surface area contributed by atoms with Gasteiger partial charge in [0.15, 0.2) is 16.9 Å². The van der Waals surface area contributed by atoms with E-state index in [1.165, 1.54) is 4.88 Å². The van der Waals surface area contributed by atoms with E-state index in [0.717, 1.165) is 10.7 Å². The van der Waals surface area contributed by atoms with Crippen molar-refractivity contribution in [1.82, 2.24) is 18.6 Å². The number of carbonyl (C=O) groups is 1. The summed E-state index contributed by atoms with van der Waals surface area (Å²) < 4.78 is 19.4. The molecule has 3 N–H and O–H groups in total. The zero-order valence-corrected chi connectivity index (χ0v) is 24.6. The van der Waals surface area contributed by atoms with E-state index in [1.54, 1.807) is 40.6 Å². The summed E-state index contributed by atoms with van der Waals surface area (Å²) in [7, 11) is 0. The fourth-order valence-corrected chi connectivity index (χ4v) is 6.48. The summed E-state index contributed by atoms with van der Waals surface area (Å²) in [5.74, 6) is 0.671. The third kappa shape index (κ3) is 6.03. The summed E-state index contributed by atoms with van der Waals surface area (Å²) in [4.78, 5) is 28.8. The summed E-state index contributed by atoms with van der Waals surface area (Å²) in [5.41, 5.74) is 0.593. The number of rotatable bonds is 6. The van der Waals surface area contributed by atoms with E-state index in [1.807, 2.05) is 18.2 Å². The van der Waals surface area contributed by atoms with Gasteiger partial charge in [0, 0.05) is 46.5 Å². The molecule has 4 aromatic rings. The molecule has 0 radical (unpaired) electrons. The van der Waals surface area contributed by atoms with E-state index in [0.29, 0.717) is 31.7 Å². The van der Waals surface area contributed by atoms with Gasteiger partial charge in [-0.05, 0) is 48.7 Å². The van der Waals surface area contributed by atoms with Crippen LogP contribution >= 0.6 is 22.5 Å². The van der Waals surface area contributed by atoms with Crippen LogP contribution in [0.1, 0.15) is 46.9 Å². The maximum Gasteiger partial charge on any atom is 0.257 e. The number of aromatic nitrogens is 3. The van der Waals surface area contributed by atoms with Crippen molar-refractivity contribution in [3.8, 4) is 5.75 Å². The first-order valence-corrected chi connectivity index (χ1v) is 15.0. The first kappa shape index (κ1) is 27.8. The van der Waals surface area contributed by atoms with E-state index in [2.05, 4.69) is 63.8 Å². The third-order valence-corrected chi connectivity index (χ3v) is 8.52. The van der Waals surface area contributed by atoms with Crippen LogP contribution in [0.2, 0.25) is 0 Å². The van der Waals surface area contributed by atoms with Crippen molar-refractivity contribution >= 4 is 45.7 Å². The summed E-state index contributed by atoms with van der Waals surface area (Å²) >= 11 is -0.0411. The van der Waals surface area contributed by atoms with Crippen LogP contribution in [0.4, 0.5) is 17.3 Å². The Labute approximate surface area is 240 Å². The Morgan fingerprint density at radius 3 is 2.58 bits per heavy atom. The minimum absolute atomic E-state index is 0.184. The number of para-hydroxylation sites is 1. The van der Waals surface area contributed by atoms with E-state index in [4.69, 9.17) is 4.99 Å². The summed E-state index contributed by atoms with van der Waals surface area (Å²) in [6.45, 7) is 10.7. The van der Waals surface area contributed by atoms with Gasteiger partial charge in [-0.2, -0.15) is 0 Å². The number of H-pyrrole nitrogens is 1. The number of nitrogens with zero attached hydrogens (tertiary/aromatic N) is 5. The normalized spacial score (nSPS) is 15.8. The molecule has 3 aromatic heterocycles. The Morgan fingerprint density at radius 1 is 1.15 bits per heavy atom. The number of amides is 1. The second-order valence-corrected chi connectivity index (χ2v) is 13.0. The molecule has 10 nitrogen and oxygen atoms in total. The van der Waals surface area contributed by atoms with Crippen molar-refractivity contribution < 1.29 is 14.5 Å². The number of carbonyl (C=O) groups excluding carboxylic acids is 1. The van der Waals surface area contributed by atoms with Crippen molar-refractivity contribution in [2.45, 2.75) is 33.7 Å². The molecule has 0 saturated carbocycles. The van der Waals surface area contributed by atoms with Crippen LogP contribution in [0.5, 0.6) is 5.75 Å². The molecule has 1 unspecified atom stereocenters. The number of anilines is 3. The monoisotopic (exact) mass is 579 g/mol. The number of hydrogen-bond acceptors (Lipinski definition) is 9. The van der Waals surface area contributed by atoms with Gasteiger partial charge in [0.05, 0.1) is 17.3 Å². The summed E-state index contributed by atoms with van der Waals surface area (Å²) in [6, 6.07) is 14.6. The van der Waals surface area contributed by atoms with Crippen molar-refractivity contribution in [2.75, 3.05) is 36.4 Å². The standard InChI is InChI=1S/C28H33N7O3S2/c1-18-11-12-21(39-18)24(28(2,3)4)31-26-25(32-40(38)33-26)30-20-9-7-8-19(23(20)36)27(37)35-16-14-34(15-17-35)22-10-5-6-13-29-22/h5-13,24,36H,14-17H2,1-4H3,(H,30,32)(H,31,33)/t24-,40?/m0/s1. The second kappa shape index (κ2) is 11.4. The smallest absolute Gasteiger partial charge is 0.257 e. The van der Waals surface area contributed by atoms with Gasteiger partial charge < -0.3 is 24.8 Å². The number of benzene rings is 1. The Kier molecular flexibility index (Phi) is 7.92. The molecular weight excluding hydrogens is 546 g/mol. The predicted octanol–water partition coefficient (Wildman–Crippen LogP) is 5.00. The molecule has 1 aliphatic rings. The summed E-state index contributed by atoms with van der Waals surface area (Å²) in [5, 5.41) is 14.2. The zero-order valence-electron chi connectivity index (χ0n) is 22.9. The van der Waals surface area contributed by atoms with Gasteiger partial charge in [0.1, 0.15) is 5.82 Å². The van der Waals surface area contributed by atoms with Gasteiger partial charge in [-0.1, -0.05) is 32.9 Å². The fourth-order valence-electron chi connectivity index (χ4n) is 4.66. The summed E-state index contributed by atoms with van der Waals surface area (Å²) in [6.07, 6.45) is 1.76. The average molecular weight is 580 g/mol. The Morgan fingerprint density at radius 2 is 1.93 bits per heavy atom. The molecule has 5 rings (SSSR count). The van der Waals surface area contributed by atoms with Crippen LogP contribution in [0.25, 0.3) is 0 Å². The molecule has 12 heteroatoms. The van der Waals surface area contributed by atoms with Gasteiger partial charge in [-0.3, -0.25) is 9.79 Å². The lowest BCUT2D eigenvalue weighted by Gasteiger charge is -2.35. The molecule has 1 amide bonds. The van der Waals surface area contributed by atoms with Crippen LogP contribution in [0.3, 0.4) is 0 Å². The van der Waals surface area contributed by atoms with E-state index in [-0.39, 0.29) is 40.2 Å². The number of hydrogen-bond donors (Lipinski definition) is 3. The molecule has 0 bridgehead atoms. The minimum atomic E-state index is -1.71. The van der Waals surface area contributed by atoms with Gasteiger partial charge in [0.2, 0.25) is 11.3 Å². The van der Waals surface area contributed by atoms with Crippen molar-refractivity contribution in [2.24, 2.45) is 10.4 Å². The molecule has 1 fully saturated rings. The Balaban J connectivity index is 1.37. The molecule has 210 valence electrons. The first-order valence-electron chi connectivity index (χ1n) is 13.1. The largest absolute Gasteiger partial charge is 0.548 e. The molecule has 1 saturated heterocycles. The van der Waals surface area contributed by atoms with Crippen LogP contribution < -0.4 is 15.7 Å². The highest BCUT2D eigenvalue weighted by molar-refractivity contribution is 7.14. The number of piperazine rings is 1. The first-order chi connectivity index (χ1) is 19.1. The second-order valence-electron chi connectivity index (χ2n) is 10.8. The third-order valence-electron chi connectivity index (χ3n) is 6.75. The lowest BCUT2D eigenvalue weighted by Crippen LogP contribution is -2.49. The fraction of sp³-hybridized carbons (Fsp3) is 0.357. The van der Waals surface area contributed by atoms with E-state index in [9.17, 15) is 14.5 Å². The lowest BCUT2D eigenvalue weighted by molar-refractivity contribution is 0.0743. The molecule has 1 aliphatic heterocycles. The van der Waals surface area contributed by atoms with Crippen LogP contribution in [-0.4, -0.2) is 60.4 Å². The lowest BCUT2D eigenvalue weighted by atomic mass is 9.86. The molecule has 0 aliphatic carbocycles. The topological polar surface area (TPSA) is 133 Å². The van der Waals surface area contributed by atoms with E-state index < -0.39 is 11.1 Å². The van der Waals surface area contributed by atoms with E-state index >= 15 is 0 Å². The van der Waals surface area contributed by atoms with Crippen LogP contribution in [0.15, 0.2) is 59.7 Å². The highest BCUT2D eigenvalue weighted by Crippen LogP contribution is 2.39. The predicted molar refractivity (Wildman–Crippen MR) is 158 cm³/mol. The van der Waals surface area contributed by atoms with Gasteiger partial charge in [-0.15, -0.1) is 15.7 Å². The number of aromatic hydroxyl groups is 1. The average Bonchev–Trinajstić information content (AvgIpc) is 3.52. The highest BCUT2D eigenvalue weighted by Gasteiger charge is 2.29. The van der Waals surface area contributed by atoms with Gasteiger partial charge >= 0.3 is 0 Å². The molecule has 0 spiro atoms. The van der Waals surface area contributed by atoms with Crippen LogP contribution in [0, 0.1) is 12.3 Å². The number of aromatic amines is 1. The molecular formula is C28H33N7O3S2. The maximum absolute atomic E-state index is 13.4. The number of nitrogens with one attached hydrogen (secondary N) is 2. The van der Waals surface area contributed by atoms with Gasteiger partial charge in [-0.25, -0.2) is 4.98 Å². The molecule has 1 aromatic carbocycles. The molecule has 40 heavy (non-hydrogen) atoms. The maximum atomic E-state index is 13.4. The zero-order chi connectivity index (χ0) is 28.4. The van der Waals surface area contributed by atoms with Gasteiger partial charge in [0.25, 0.3) is 5.91 Å². The molecule has 4 heterocycles. The Hall–Kier alpha value is -3.74. The number of aryl methyl sites for hydroxylation is 1. The number of phenols is 1. The quantitative estimate of drug-likeness (QED) is 0.216. The molecule has 2 atom stereocenters. The minimum Gasteiger partial charge on any atom is -0.548 e. The Bertz CT molecular complexity index is 1550. The number of phenolic OH excluding ortho intramolecular Hbond substituents is 1. The number of thiophene rings is 1. The van der Waals surface area contributed by atoms with Crippen molar-refractivity contribution in [3.63, 3.8) is 0 Å². The SMILES string of the molecule is Cc1ccc([C@H](N=c2[nH][s+]([O-])nc2Nc2cccc(C(=O)N3CCN(c4ccccn4)CC3)c2O)C(C)(C)C)s1. The van der Waals surface area contributed by atoms with Crippen LogP contribution in [-0.2, 0) is 0 Å². The number of pyridine rings is 1. The highest BCUT2D eigenvalue weighted by atomic mass is 32.2.